The Balaban J connectivity index is 0.903. The molecule has 0 radical (unpaired) electrons. The molecular formula is C62H41NO. The molecule has 300 valence electrons. The van der Waals surface area contributed by atoms with E-state index in [0.29, 0.717) is 0 Å². The number of anilines is 3. The fourth-order valence-electron chi connectivity index (χ4n) is 9.38. The molecule has 64 heavy (non-hydrogen) atoms. The van der Waals surface area contributed by atoms with Crippen LogP contribution in [0.4, 0.5) is 17.1 Å². The Labute approximate surface area is 372 Å². The molecule has 0 aliphatic rings. The fraction of sp³-hybridized carbons (Fsp3) is 0. The lowest BCUT2D eigenvalue weighted by molar-refractivity contribution is 0.669. The van der Waals surface area contributed by atoms with Crippen molar-refractivity contribution in [1.82, 2.24) is 0 Å². The Kier molecular flexibility index (Phi) is 9.20. The largest absolute Gasteiger partial charge is 0.456 e. The number of fused-ring (bicyclic) bond motifs is 5. The molecule has 0 bridgehead atoms. The van der Waals surface area contributed by atoms with E-state index in [1.807, 2.05) is 12.1 Å². The Morgan fingerprint density at radius 1 is 0.250 bits per heavy atom. The third kappa shape index (κ3) is 6.79. The molecule has 0 N–H and O–H groups in total. The molecule has 0 atom stereocenters. The molecule has 12 aromatic rings. The maximum absolute atomic E-state index is 6.38. The molecule has 0 aliphatic heterocycles. The zero-order valence-corrected chi connectivity index (χ0v) is 35.0. The minimum atomic E-state index is 0.881. The van der Waals surface area contributed by atoms with Crippen LogP contribution in [0.25, 0.3) is 99.1 Å². The highest BCUT2D eigenvalue weighted by molar-refractivity contribution is 6.06. The van der Waals surface area contributed by atoms with Crippen molar-refractivity contribution >= 4 is 60.5 Å². The summed E-state index contributed by atoms with van der Waals surface area (Å²) in [5.41, 5.74) is 16.8. The number of rotatable bonds is 8. The van der Waals surface area contributed by atoms with Gasteiger partial charge in [0.2, 0.25) is 0 Å². The molecule has 0 unspecified atom stereocenters. The minimum Gasteiger partial charge on any atom is -0.456 e. The van der Waals surface area contributed by atoms with Crippen molar-refractivity contribution in [2.24, 2.45) is 0 Å². The second-order valence-electron chi connectivity index (χ2n) is 16.5. The first-order valence-corrected chi connectivity index (χ1v) is 21.9. The zero-order valence-electron chi connectivity index (χ0n) is 35.0. The number of furan rings is 1. The zero-order chi connectivity index (χ0) is 42.4. The lowest BCUT2D eigenvalue weighted by atomic mass is 9.96. The van der Waals surface area contributed by atoms with E-state index in [2.05, 4.69) is 241 Å². The molecule has 12 rings (SSSR count). The van der Waals surface area contributed by atoms with Crippen molar-refractivity contribution in [1.29, 1.82) is 0 Å². The van der Waals surface area contributed by atoms with Crippen LogP contribution < -0.4 is 4.90 Å². The monoisotopic (exact) mass is 815 g/mol. The van der Waals surface area contributed by atoms with Crippen molar-refractivity contribution in [3.8, 4) is 55.6 Å². The smallest absolute Gasteiger partial charge is 0.136 e. The maximum Gasteiger partial charge on any atom is 0.136 e. The van der Waals surface area contributed by atoms with Crippen molar-refractivity contribution in [2.45, 2.75) is 0 Å². The fourth-order valence-corrected chi connectivity index (χ4v) is 9.38. The molecular weight excluding hydrogens is 775 g/mol. The minimum absolute atomic E-state index is 0.881. The average molecular weight is 816 g/mol. The molecule has 0 spiro atoms. The van der Waals surface area contributed by atoms with Crippen LogP contribution in [0.15, 0.2) is 253 Å². The van der Waals surface area contributed by atoms with Gasteiger partial charge in [-0.05, 0) is 126 Å². The quantitative estimate of drug-likeness (QED) is 0.152. The number of benzene rings is 11. The van der Waals surface area contributed by atoms with Crippen molar-refractivity contribution in [2.75, 3.05) is 4.90 Å². The summed E-state index contributed by atoms with van der Waals surface area (Å²) < 4.78 is 6.38. The van der Waals surface area contributed by atoms with Crippen molar-refractivity contribution in [3.05, 3.63) is 249 Å². The molecule has 0 fully saturated rings. The summed E-state index contributed by atoms with van der Waals surface area (Å²) in [6.07, 6.45) is 0. The molecule has 2 nitrogen and oxygen atoms in total. The standard InChI is InChI=1S/C62H41NO/c1-2-12-50-40-51(29-26-42(50)10-1)47-22-20-43(21-23-47)45-30-35-53(36-31-45)63(60-18-7-5-15-57(60)52-34-39-59-58-16-6-8-19-61(58)64-62(59)41-52)54-37-32-46(33-38-54)44-24-27-49(28-25-44)56-17-9-13-48-11-3-4-14-55(48)56/h1-41H. The van der Waals surface area contributed by atoms with Gasteiger partial charge >= 0.3 is 0 Å². The summed E-state index contributed by atoms with van der Waals surface area (Å²) in [5.74, 6) is 0. The van der Waals surface area contributed by atoms with Gasteiger partial charge in [0.1, 0.15) is 11.2 Å². The van der Waals surface area contributed by atoms with Crippen LogP contribution in [-0.4, -0.2) is 0 Å². The van der Waals surface area contributed by atoms with Crippen molar-refractivity contribution in [3.63, 3.8) is 0 Å². The Hall–Kier alpha value is -8.46. The van der Waals surface area contributed by atoms with Crippen LogP contribution in [0, 0.1) is 0 Å². The van der Waals surface area contributed by atoms with E-state index < -0.39 is 0 Å². The molecule has 2 heteroatoms. The maximum atomic E-state index is 6.38. The van der Waals surface area contributed by atoms with Gasteiger partial charge in [-0.1, -0.05) is 194 Å². The first kappa shape index (κ1) is 37.3. The van der Waals surface area contributed by atoms with E-state index in [-0.39, 0.29) is 0 Å². The van der Waals surface area contributed by atoms with Gasteiger partial charge in [-0.3, -0.25) is 0 Å². The summed E-state index contributed by atoms with van der Waals surface area (Å²) in [6, 6.07) is 89.7. The first-order chi connectivity index (χ1) is 31.7. The summed E-state index contributed by atoms with van der Waals surface area (Å²) in [5, 5.41) is 7.28. The van der Waals surface area contributed by atoms with Gasteiger partial charge in [-0.15, -0.1) is 0 Å². The predicted molar refractivity (Wildman–Crippen MR) is 271 cm³/mol. The number of nitrogens with zero attached hydrogens (tertiary/aromatic N) is 1. The van der Waals surface area contributed by atoms with E-state index in [0.717, 1.165) is 50.1 Å². The van der Waals surface area contributed by atoms with E-state index in [1.54, 1.807) is 0 Å². The highest BCUT2D eigenvalue weighted by atomic mass is 16.3. The summed E-state index contributed by atoms with van der Waals surface area (Å²) in [4.78, 5) is 2.37. The molecule has 0 amide bonds. The highest BCUT2D eigenvalue weighted by Crippen LogP contribution is 2.43. The summed E-state index contributed by atoms with van der Waals surface area (Å²) >= 11 is 0. The second kappa shape index (κ2) is 15.8. The third-order valence-electron chi connectivity index (χ3n) is 12.7. The lowest BCUT2D eigenvalue weighted by Gasteiger charge is -2.28. The SMILES string of the molecule is c1ccc(N(c2ccc(-c3ccc(-c4ccc5ccccc5c4)cc3)cc2)c2ccc(-c3ccc(-c4cccc5ccccc45)cc3)cc2)c(-c2ccc3c(c2)oc2ccccc23)c1. The van der Waals surface area contributed by atoms with Gasteiger partial charge in [-0.2, -0.15) is 0 Å². The van der Waals surface area contributed by atoms with E-state index in [1.165, 1.54) is 66.1 Å². The second-order valence-corrected chi connectivity index (χ2v) is 16.5. The van der Waals surface area contributed by atoms with Gasteiger partial charge in [0.25, 0.3) is 0 Å². The molecule has 0 aliphatic carbocycles. The van der Waals surface area contributed by atoms with Gasteiger partial charge in [0.05, 0.1) is 5.69 Å². The summed E-state index contributed by atoms with van der Waals surface area (Å²) in [7, 11) is 0. The van der Waals surface area contributed by atoms with Gasteiger partial charge in [-0.25, -0.2) is 0 Å². The van der Waals surface area contributed by atoms with Crippen LogP contribution in [0.1, 0.15) is 0 Å². The number of hydrogen-bond donors (Lipinski definition) is 0. The van der Waals surface area contributed by atoms with Crippen LogP contribution >= 0.6 is 0 Å². The van der Waals surface area contributed by atoms with Gasteiger partial charge < -0.3 is 9.32 Å². The lowest BCUT2D eigenvalue weighted by Crippen LogP contribution is -2.11. The molecule has 0 saturated carbocycles. The Morgan fingerprint density at radius 3 is 1.42 bits per heavy atom. The van der Waals surface area contributed by atoms with Gasteiger partial charge in [0, 0.05) is 27.7 Å². The predicted octanol–water partition coefficient (Wildman–Crippen LogP) is 17.7. The number of hydrogen-bond acceptors (Lipinski definition) is 2. The van der Waals surface area contributed by atoms with Crippen molar-refractivity contribution < 1.29 is 4.42 Å². The van der Waals surface area contributed by atoms with Crippen LogP contribution in [-0.2, 0) is 0 Å². The first-order valence-electron chi connectivity index (χ1n) is 21.9. The topological polar surface area (TPSA) is 16.4 Å². The van der Waals surface area contributed by atoms with E-state index in [9.17, 15) is 0 Å². The molecule has 1 heterocycles. The molecule has 11 aromatic carbocycles. The van der Waals surface area contributed by atoms with Crippen LogP contribution in [0.2, 0.25) is 0 Å². The molecule has 1 aromatic heterocycles. The van der Waals surface area contributed by atoms with Crippen LogP contribution in [0.5, 0.6) is 0 Å². The average Bonchev–Trinajstić information content (AvgIpc) is 3.75. The number of para-hydroxylation sites is 2. The van der Waals surface area contributed by atoms with Gasteiger partial charge in [0.15, 0.2) is 0 Å². The third-order valence-corrected chi connectivity index (χ3v) is 12.7. The normalized spacial score (nSPS) is 11.4. The molecule has 0 saturated heterocycles. The Bertz CT molecular complexity index is 3630. The highest BCUT2D eigenvalue weighted by Gasteiger charge is 2.19. The van der Waals surface area contributed by atoms with E-state index in [4.69, 9.17) is 4.42 Å². The van der Waals surface area contributed by atoms with E-state index >= 15 is 0 Å². The van der Waals surface area contributed by atoms with Crippen LogP contribution in [0.3, 0.4) is 0 Å². The summed E-state index contributed by atoms with van der Waals surface area (Å²) in [6.45, 7) is 0. The Morgan fingerprint density at radius 2 is 0.719 bits per heavy atom.